The maximum atomic E-state index is 15.1. The van der Waals surface area contributed by atoms with Crippen LogP contribution in [0.25, 0.3) is 11.8 Å². The Kier molecular flexibility index (Phi) is 29.3. The van der Waals surface area contributed by atoms with Crippen LogP contribution in [0.5, 0.6) is 0 Å². The number of aryl methyl sites for hydroxylation is 2. The van der Waals surface area contributed by atoms with Crippen LogP contribution in [0.4, 0.5) is 10.1 Å². The molecule has 0 aromatic heterocycles. The highest BCUT2D eigenvalue weighted by molar-refractivity contribution is 6.31. The Bertz CT molecular complexity index is 1670. The van der Waals surface area contributed by atoms with Gasteiger partial charge in [0, 0.05) is 68.1 Å². The van der Waals surface area contributed by atoms with Crippen molar-refractivity contribution in [2.45, 2.75) is 90.1 Å². The summed E-state index contributed by atoms with van der Waals surface area (Å²) in [5.74, 6) is 0.591. The number of nitrogens with zero attached hydrogens (tertiary/aromatic N) is 3. The first-order chi connectivity index (χ1) is 29.9. The minimum Gasteiger partial charge on any atom is -0.397 e. The summed E-state index contributed by atoms with van der Waals surface area (Å²) in [7, 11) is 7.27. The van der Waals surface area contributed by atoms with Gasteiger partial charge in [-0.15, -0.1) is 13.2 Å². The average Bonchev–Trinajstić information content (AvgIpc) is 3.29. The summed E-state index contributed by atoms with van der Waals surface area (Å²) in [6, 6.07) is 10.5. The van der Waals surface area contributed by atoms with Crippen LogP contribution < -0.4 is 32.3 Å². The minimum absolute atomic E-state index is 0.139. The number of nitrogens with two attached hydrogens (primary N) is 2. The second-order valence-electron chi connectivity index (χ2n) is 16.1. The zero-order chi connectivity index (χ0) is 46.5. The van der Waals surface area contributed by atoms with Gasteiger partial charge in [-0.2, -0.15) is 0 Å². The van der Waals surface area contributed by atoms with Crippen molar-refractivity contribution >= 4 is 29.1 Å². The molecule has 2 aliphatic heterocycles. The highest BCUT2D eigenvalue weighted by Crippen LogP contribution is 2.32. The molecule has 0 spiro atoms. The first-order valence-electron chi connectivity index (χ1n) is 22.6. The molecule has 1 unspecified atom stereocenters. The molecule has 5 rings (SSSR count). The third-order valence-electron chi connectivity index (χ3n) is 11.5. The van der Waals surface area contributed by atoms with E-state index >= 15 is 4.39 Å². The molecule has 8 nitrogen and oxygen atoms in total. The molecule has 2 heterocycles. The van der Waals surface area contributed by atoms with E-state index < -0.39 is 0 Å². The molecule has 1 saturated carbocycles. The van der Waals surface area contributed by atoms with Crippen LogP contribution >= 0.6 is 11.6 Å². The van der Waals surface area contributed by atoms with Crippen LogP contribution in [0.1, 0.15) is 87.0 Å². The van der Waals surface area contributed by atoms with Crippen LogP contribution in [0, 0.1) is 18.7 Å². The highest BCUT2D eigenvalue weighted by Gasteiger charge is 2.25. The largest absolute Gasteiger partial charge is 0.397 e. The molecular weight excluding hydrogens is 791 g/mol. The number of piperazine rings is 1. The van der Waals surface area contributed by atoms with Crippen molar-refractivity contribution < 1.29 is 4.39 Å². The van der Waals surface area contributed by atoms with Gasteiger partial charge in [-0.1, -0.05) is 101 Å². The molecule has 2 saturated heterocycles. The second-order valence-corrected chi connectivity index (χ2v) is 16.5. The van der Waals surface area contributed by atoms with Gasteiger partial charge in [0.2, 0.25) is 0 Å². The van der Waals surface area contributed by atoms with E-state index in [1.807, 2.05) is 52.4 Å². The number of anilines is 1. The van der Waals surface area contributed by atoms with Gasteiger partial charge >= 0.3 is 0 Å². The number of likely N-dealkylation sites (N-methyl/N-ethyl adjacent to an activating group) is 1. The molecular formula is C52H84ClFN8. The van der Waals surface area contributed by atoms with E-state index in [2.05, 4.69) is 94.9 Å². The first-order valence-corrected chi connectivity index (χ1v) is 23.0. The smallest absolute Gasteiger partial charge is 0.147 e. The van der Waals surface area contributed by atoms with E-state index in [0.717, 1.165) is 104 Å². The summed E-state index contributed by atoms with van der Waals surface area (Å²) in [6.07, 6.45) is 20.9. The maximum absolute atomic E-state index is 15.1. The molecule has 2 aromatic rings. The lowest BCUT2D eigenvalue weighted by Crippen LogP contribution is -2.49. The number of benzene rings is 2. The zero-order valence-electron chi connectivity index (χ0n) is 39.5. The van der Waals surface area contributed by atoms with Crippen LogP contribution in [-0.2, 0) is 6.42 Å². The predicted molar refractivity (Wildman–Crippen MR) is 273 cm³/mol. The standard InChI is InChI=1S/C28H41FN4.C12H20N2.C9H11Cl.C2H7N.CH5N/c1-6-9-10-25(8-3)31(5)22(4)26-20-28(27(29)19-24(26)7-2)33-17-15-32(16-18-33)21-23-11-13-30-14-12-23;1-3-7-12(13)10(2)14-11-8-5-4-6-9-11;1-3-8-5-4-7(2)9(10)6-8;1-3-2;1-2/h6-8,19-20,23,25,30H,1-4,9-18,21H2,5H3;3,7,11,14H,1-2,4-6,8-9,13H2;4-6H,3H2,1-2H3;3H,1-2H3;2H2,1H3/b;12-7-;;;. The lowest BCUT2D eigenvalue weighted by molar-refractivity contribution is 0.196. The van der Waals surface area contributed by atoms with Crippen molar-refractivity contribution in [2.24, 2.45) is 17.4 Å². The summed E-state index contributed by atoms with van der Waals surface area (Å²) in [6.45, 7) is 34.8. The van der Waals surface area contributed by atoms with Crippen LogP contribution in [0.15, 0.2) is 106 Å². The van der Waals surface area contributed by atoms with Gasteiger partial charge in [-0.05, 0) is 133 Å². The lowest BCUT2D eigenvalue weighted by atomic mass is 9.95. The van der Waals surface area contributed by atoms with E-state index in [-0.39, 0.29) is 11.9 Å². The molecule has 7 N–H and O–H groups in total. The summed E-state index contributed by atoms with van der Waals surface area (Å²) in [5.41, 5.74) is 17.4. The highest BCUT2D eigenvalue weighted by atomic mass is 35.5. The summed E-state index contributed by atoms with van der Waals surface area (Å²) in [5, 5.41) is 10.4. The molecule has 3 fully saturated rings. The average molecular weight is 876 g/mol. The van der Waals surface area contributed by atoms with Crippen LogP contribution in [-0.4, -0.2) is 95.9 Å². The Hall–Kier alpha value is -4.12. The summed E-state index contributed by atoms with van der Waals surface area (Å²) < 4.78 is 15.1. The fourth-order valence-electron chi connectivity index (χ4n) is 7.65. The molecule has 0 amide bonds. The molecule has 0 radical (unpaired) electrons. The molecule has 1 atom stereocenters. The third-order valence-corrected chi connectivity index (χ3v) is 11.9. The molecule has 1 aliphatic carbocycles. The van der Waals surface area contributed by atoms with Gasteiger partial charge in [0.1, 0.15) is 5.82 Å². The Morgan fingerprint density at radius 1 is 0.984 bits per heavy atom. The van der Waals surface area contributed by atoms with Gasteiger partial charge in [0.25, 0.3) is 0 Å². The van der Waals surface area contributed by atoms with Crippen LogP contribution in [0.3, 0.4) is 0 Å². The Morgan fingerprint density at radius 3 is 2.15 bits per heavy atom. The quantitative estimate of drug-likeness (QED) is 0.0841. The molecule has 62 heavy (non-hydrogen) atoms. The molecule has 0 bridgehead atoms. The summed E-state index contributed by atoms with van der Waals surface area (Å²) in [4.78, 5) is 6.85. The van der Waals surface area contributed by atoms with Crippen molar-refractivity contribution in [3.63, 3.8) is 0 Å². The Morgan fingerprint density at radius 2 is 1.61 bits per heavy atom. The van der Waals surface area contributed by atoms with Crippen molar-refractivity contribution in [2.75, 3.05) is 78.9 Å². The second kappa shape index (κ2) is 32.5. The lowest BCUT2D eigenvalue weighted by Gasteiger charge is -2.39. The number of hydrogen-bond donors (Lipinski definition) is 5. The minimum atomic E-state index is -0.192. The van der Waals surface area contributed by atoms with E-state index in [9.17, 15) is 0 Å². The fraction of sp³-hybridized carbons (Fsp3) is 0.500. The van der Waals surface area contributed by atoms with E-state index in [1.165, 1.54) is 57.6 Å². The van der Waals surface area contributed by atoms with Gasteiger partial charge in [-0.25, -0.2) is 4.39 Å². The van der Waals surface area contributed by atoms with Gasteiger partial charge in [0.15, 0.2) is 0 Å². The third kappa shape index (κ3) is 19.9. The van der Waals surface area contributed by atoms with Gasteiger partial charge in [0.05, 0.1) is 17.1 Å². The van der Waals surface area contributed by atoms with Crippen molar-refractivity contribution in [1.82, 2.24) is 25.8 Å². The number of nitrogens with one attached hydrogen (secondary N) is 3. The number of allylic oxidation sites excluding steroid dienone is 3. The topological polar surface area (TPSA) is 97.9 Å². The summed E-state index contributed by atoms with van der Waals surface area (Å²) >= 11 is 5.89. The monoisotopic (exact) mass is 875 g/mol. The van der Waals surface area contributed by atoms with Gasteiger partial charge in [-0.3, -0.25) is 4.90 Å². The predicted octanol–water partition coefficient (Wildman–Crippen LogP) is 10.1. The fourth-order valence-corrected chi connectivity index (χ4v) is 7.85. The van der Waals surface area contributed by atoms with Crippen LogP contribution in [0.2, 0.25) is 5.02 Å². The van der Waals surface area contributed by atoms with Gasteiger partial charge < -0.3 is 37.2 Å². The number of hydrogen-bond acceptors (Lipinski definition) is 8. The normalized spacial score (nSPS) is 16.1. The molecule has 2 aromatic carbocycles. The van der Waals surface area contributed by atoms with E-state index in [4.69, 9.17) is 17.3 Å². The van der Waals surface area contributed by atoms with E-state index in [0.29, 0.717) is 17.4 Å². The maximum Gasteiger partial charge on any atom is 0.147 e. The van der Waals surface area contributed by atoms with Crippen molar-refractivity contribution in [3.8, 4) is 0 Å². The zero-order valence-corrected chi connectivity index (χ0v) is 40.3. The molecule has 346 valence electrons. The van der Waals surface area contributed by atoms with E-state index in [1.54, 1.807) is 24.3 Å². The first kappa shape index (κ1) is 55.9. The number of halogens is 2. The van der Waals surface area contributed by atoms with Crippen molar-refractivity contribution in [1.29, 1.82) is 0 Å². The number of piperidine rings is 1. The Labute approximate surface area is 382 Å². The molecule has 3 aliphatic rings. The Balaban J connectivity index is 0.000000540. The molecule has 10 heteroatoms. The SMILES string of the molecule is C=C/C=C(\N)C(=C)NC1CCCCC1.C=CCCC(C=C)N(C)C(=C)c1cc(N2CCN(CC3CCNCC3)CC2)c(F)cc1C=C.CCc1ccc(C)c(Cl)c1.CN.CNC. The number of rotatable bonds is 16. The van der Waals surface area contributed by atoms with Crippen molar-refractivity contribution in [3.05, 3.63) is 139 Å².